The first kappa shape index (κ1) is 20.7. The summed E-state index contributed by atoms with van der Waals surface area (Å²) in [6.07, 6.45) is -2.34. The zero-order chi connectivity index (χ0) is 21.0. The lowest BCUT2D eigenvalue weighted by Gasteiger charge is -2.17. The Balaban J connectivity index is 1.78. The number of amides is 1. The van der Waals surface area contributed by atoms with Gasteiger partial charge in [0, 0.05) is 35.4 Å². The van der Waals surface area contributed by atoms with Crippen molar-refractivity contribution in [2.45, 2.75) is 12.6 Å². The van der Waals surface area contributed by atoms with Gasteiger partial charge >= 0.3 is 6.18 Å². The summed E-state index contributed by atoms with van der Waals surface area (Å²) in [6, 6.07) is 11.2. The van der Waals surface area contributed by atoms with Gasteiger partial charge in [-0.15, -0.1) is 0 Å². The summed E-state index contributed by atoms with van der Waals surface area (Å²) in [4.78, 5) is 14.1. The number of para-hydroxylation sites is 1. The van der Waals surface area contributed by atoms with Gasteiger partial charge in [-0.25, -0.2) is 0 Å². The van der Waals surface area contributed by atoms with E-state index in [-0.39, 0.29) is 17.3 Å². The Morgan fingerprint density at radius 1 is 1.14 bits per heavy atom. The number of benzene rings is 2. The second kappa shape index (κ2) is 8.57. The molecule has 2 aromatic rings. The summed E-state index contributed by atoms with van der Waals surface area (Å²) in [5.41, 5.74) is 1.31. The molecule has 0 aliphatic carbocycles. The molecule has 0 saturated carbocycles. The van der Waals surface area contributed by atoms with Crippen LogP contribution in [0.5, 0.6) is 0 Å². The van der Waals surface area contributed by atoms with E-state index >= 15 is 0 Å². The van der Waals surface area contributed by atoms with Gasteiger partial charge in [-0.2, -0.15) is 13.2 Å². The molecule has 0 spiro atoms. The molecule has 2 aromatic carbocycles. The molecule has 0 atom stereocenters. The summed E-state index contributed by atoms with van der Waals surface area (Å²) in [5, 5.41) is 8.41. The molecular formula is C21H23F3N4O. The fraction of sp³-hybridized carbons (Fsp3) is 0.286. The van der Waals surface area contributed by atoms with E-state index in [0.717, 1.165) is 19.0 Å². The third kappa shape index (κ3) is 5.08. The second-order valence-electron chi connectivity index (χ2n) is 7.04. The van der Waals surface area contributed by atoms with E-state index in [0.29, 0.717) is 23.4 Å². The second-order valence-corrected chi connectivity index (χ2v) is 7.04. The monoisotopic (exact) mass is 404 g/mol. The molecule has 0 unspecified atom stereocenters. The van der Waals surface area contributed by atoms with Crippen molar-refractivity contribution in [3.63, 3.8) is 0 Å². The van der Waals surface area contributed by atoms with Crippen LogP contribution in [0.1, 0.15) is 17.5 Å². The largest absolute Gasteiger partial charge is 0.418 e. The van der Waals surface area contributed by atoms with Gasteiger partial charge in [0.2, 0.25) is 0 Å². The number of carbonyl (C=O) groups excluding carboxylic acids is 1. The van der Waals surface area contributed by atoms with Gasteiger partial charge in [0.05, 0.1) is 11.1 Å². The molecule has 0 fully saturated rings. The minimum absolute atomic E-state index is 0.0402. The maximum absolute atomic E-state index is 13.5. The molecule has 0 aromatic heterocycles. The third-order valence-electron chi connectivity index (χ3n) is 4.52. The average molecular weight is 404 g/mol. The molecule has 0 bridgehead atoms. The van der Waals surface area contributed by atoms with Crippen molar-refractivity contribution in [1.29, 1.82) is 0 Å². The lowest BCUT2D eigenvalue weighted by Crippen LogP contribution is -2.17. The van der Waals surface area contributed by atoms with Crippen molar-refractivity contribution in [2.24, 2.45) is 0 Å². The number of hydrogen-bond donors (Lipinski definition) is 3. The zero-order valence-electron chi connectivity index (χ0n) is 16.2. The highest BCUT2D eigenvalue weighted by molar-refractivity contribution is 6.31. The molecule has 3 N–H and O–H groups in total. The molecule has 1 aliphatic heterocycles. The third-order valence-corrected chi connectivity index (χ3v) is 4.52. The van der Waals surface area contributed by atoms with E-state index in [4.69, 9.17) is 0 Å². The number of hydrogen-bond acceptors (Lipinski definition) is 4. The van der Waals surface area contributed by atoms with Crippen molar-refractivity contribution in [1.82, 2.24) is 4.90 Å². The van der Waals surface area contributed by atoms with Gasteiger partial charge in [0.25, 0.3) is 5.91 Å². The Hall–Kier alpha value is -3.00. The molecule has 8 heteroatoms. The molecule has 0 saturated heterocycles. The number of rotatable bonds is 7. The number of carbonyl (C=O) groups is 1. The van der Waals surface area contributed by atoms with Crippen LogP contribution >= 0.6 is 0 Å². The Morgan fingerprint density at radius 3 is 2.62 bits per heavy atom. The fourth-order valence-electron chi connectivity index (χ4n) is 3.08. The highest BCUT2D eigenvalue weighted by Gasteiger charge is 2.34. The first-order valence-corrected chi connectivity index (χ1v) is 9.23. The number of fused-ring (bicyclic) bond motifs is 1. The smallest absolute Gasteiger partial charge is 0.385 e. The van der Waals surface area contributed by atoms with Crippen LogP contribution in [0.15, 0.2) is 48.7 Å². The van der Waals surface area contributed by atoms with E-state index in [1.165, 1.54) is 12.3 Å². The Kier molecular flexibility index (Phi) is 6.12. The molecular weight excluding hydrogens is 381 g/mol. The van der Waals surface area contributed by atoms with Crippen molar-refractivity contribution in [3.05, 3.63) is 59.8 Å². The van der Waals surface area contributed by atoms with E-state index in [9.17, 15) is 18.0 Å². The van der Waals surface area contributed by atoms with Gasteiger partial charge in [-0.1, -0.05) is 18.2 Å². The Morgan fingerprint density at radius 2 is 1.90 bits per heavy atom. The van der Waals surface area contributed by atoms with Gasteiger partial charge in [-0.05, 0) is 51.3 Å². The minimum Gasteiger partial charge on any atom is -0.385 e. The highest BCUT2D eigenvalue weighted by atomic mass is 19.4. The van der Waals surface area contributed by atoms with Crippen LogP contribution in [0, 0.1) is 0 Å². The van der Waals surface area contributed by atoms with Crippen LogP contribution in [-0.4, -0.2) is 38.0 Å². The van der Waals surface area contributed by atoms with Crippen LogP contribution < -0.4 is 16.0 Å². The maximum Gasteiger partial charge on any atom is 0.418 e. The number of halogens is 3. The van der Waals surface area contributed by atoms with Crippen LogP contribution in [0.2, 0.25) is 0 Å². The van der Waals surface area contributed by atoms with E-state index in [2.05, 4.69) is 16.0 Å². The van der Waals surface area contributed by atoms with Crippen LogP contribution in [0.25, 0.3) is 5.57 Å². The number of alkyl halides is 3. The van der Waals surface area contributed by atoms with Gasteiger partial charge < -0.3 is 20.9 Å². The van der Waals surface area contributed by atoms with Crippen molar-refractivity contribution < 1.29 is 18.0 Å². The number of nitrogens with one attached hydrogen (secondary N) is 3. The lowest BCUT2D eigenvalue weighted by atomic mass is 10.1. The molecule has 3 rings (SSSR count). The Labute approximate surface area is 167 Å². The average Bonchev–Trinajstić information content (AvgIpc) is 2.98. The maximum atomic E-state index is 13.5. The van der Waals surface area contributed by atoms with Crippen LogP contribution in [0.3, 0.4) is 0 Å². The molecule has 1 heterocycles. The molecule has 29 heavy (non-hydrogen) atoms. The normalized spacial score (nSPS) is 14.8. The summed E-state index contributed by atoms with van der Waals surface area (Å²) in [5.74, 6) is -0.297. The lowest BCUT2D eigenvalue weighted by molar-refractivity contribution is -0.136. The van der Waals surface area contributed by atoms with E-state index < -0.39 is 11.7 Å². The first-order chi connectivity index (χ1) is 13.8. The Bertz CT molecular complexity index is 922. The minimum atomic E-state index is -4.49. The van der Waals surface area contributed by atoms with Crippen LogP contribution in [0.4, 0.5) is 30.2 Å². The predicted octanol–water partition coefficient (Wildman–Crippen LogP) is 4.47. The van der Waals surface area contributed by atoms with E-state index in [1.807, 2.05) is 19.0 Å². The molecule has 5 nitrogen and oxygen atoms in total. The number of anilines is 3. The fourth-order valence-corrected chi connectivity index (χ4v) is 3.08. The van der Waals surface area contributed by atoms with Gasteiger partial charge in [0.15, 0.2) is 0 Å². The summed E-state index contributed by atoms with van der Waals surface area (Å²) >= 11 is 0. The quantitative estimate of drug-likeness (QED) is 0.471. The van der Waals surface area contributed by atoms with E-state index in [1.54, 1.807) is 30.3 Å². The van der Waals surface area contributed by atoms with Gasteiger partial charge in [-0.3, -0.25) is 4.79 Å². The summed E-state index contributed by atoms with van der Waals surface area (Å²) in [6.45, 7) is 1.22. The molecule has 154 valence electrons. The molecule has 0 radical (unpaired) electrons. The number of nitrogens with zero attached hydrogens (tertiary/aromatic N) is 1. The van der Waals surface area contributed by atoms with Crippen LogP contribution in [-0.2, 0) is 11.0 Å². The molecule has 1 aliphatic rings. The standard InChI is InChI=1S/C21H23F3N4O/c1-28(2)11-5-10-25-19-9-8-14(12-17(19)21(22,23)24)26-13-16-15-6-3-4-7-18(15)27-20(16)29/h3-4,6-9,12-13,25-26H,5,10-11H2,1-2H3,(H,27,29)/b16-13-. The summed E-state index contributed by atoms with van der Waals surface area (Å²) < 4.78 is 40.5. The van der Waals surface area contributed by atoms with Crippen molar-refractivity contribution in [2.75, 3.05) is 43.1 Å². The summed E-state index contributed by atoms with van der Waals surface area (Å²) in [7, 11) is 3.83. The molecule has 1 amide bonds. The highest BCUT2D eigenvalue weighted by Crippen LogP contribution is 2.37. The van der Waals surface area contributed by atoms with Crippen molar-refractivity contribution >= 4 is 28.5 Å². The SMILES string of the molecule is CN(C)CCCNc1ccc(N/C=C2\C(=O)Nc3ccccc32)cc1C(F)(F)F. The van der Waals surface area contributed by atoms with Gasteiger partial charge in [0.1, 0.15) is 0 Å². The first-order valence-electron chi connectivity index (χ1n) is 9.23. The zero-order valence-corrected chi connectivity index (χ0v) is 16.2. The van der Waals surface area contributed by atoms with Crippen molar-refractivity contribution in [3.8, 4) is 0 Å². The predicted molar refractivity (Wildman–Crippen MR) is 110 cm³/mol. The topological polar surface area (TPSA) is 56.4 Å².